The molecule has 202 valence electrons. The normalized spacial score (nSPS) is 19.7. The van der Waals surface area contributed by atoms with E-state index in [4.69, 9.17) is 13.6 Å². The fourth-order valence-electron chi connectivity index (χ4n) is 4.27. The molecular formula is C30H50O4Si2. The molecule has 3 atom stereocenters. The van der Waals surface area contributed by atoms with E-state index in [1.165, 1.54) is 0 Å². The zero-order valence-corrected chi connectivity index (χ0v) is 27.3. The molecule has 1 aliphatic rings. The molecule has 1 unspecified atom stereocenters. The van der Waals surface area contributed by atoms with E-state index in [-0.39, 0.29) is 27.8 Å². The molecule has 0 saturated heterocycles. The Morgan fingerprint density at radius 2 is 1.42 bits per heavy atom. The lowest BCUT2D eigenvalue weighted by atomic mass is 9.73. The number of carbonyl (C=O) groups excluding carboxylic acids is 1. The SMILES string of the molecule is C/C=C/C(C=O)[C@@H]1C=Cc2c(O[Si](C)(C)C(C)(C)C)c(C)c(OC)c(O[Si](C)(C)C(C)(C)C)c2[C@H]1C. The number of rotatable bonds is 8. The summed E-state index contributed by atoms with van der Waals surface area (Å²) in [4.78, 5) is 12.1. The third kappa shape index (κ3) is 5.69. The summed E-state index contributed by atoms with van der Waals surface area (Å²) in [6.45, 7) is 28.9. The van der Waals surface area contributed by atoms with Crippen LogP contribution < -0.4 is 13.6 Å². The number of carbonyl (C=O) groups is 1. The lowest BCUT2D eigenvalue weighted by Crippen LogP contribution is -2.45. The molecule has 1 aliphatic carbocycles. The van der Waals surface area contributed by atoms with E-state index in [1.807, 2.05) is 19.1 Å². The Balaban J connectivity index is 2.92. The van der Waals surface area contributed by atoms with Gasteiger partial charge in [0.2, 0.25) is 0 Å². The second-order valence-corrected chi connectivity index (χ2v) is 22.8. The quantitative estimate of drug-likeness (QED) is 0.191. The average Bonchev–Trinajstić information content (AvgIpc) is 2.73. The van der Waals surface area contributed by atoms with Crippen molar-refractivity contribution in [1.29, 1.82) is 0 Å². The van der Waals surface area contributed by atoms with Crippen molar-refractivity contribution in [2.75, 3.05) is 7.11 Å². The standard InChI is InChI=1S/C30H50O4Si2/c1-15-16-22(19-31)23-17-18-24-25(20(23)2)28(34-36(13,14)30(7,8)9)27(32-10)21(3)26(24)33-35(11,12)29(4,5)6/h15-20,22-23H,1-14H3/b16-15+/t20-,22?,23+/m0/s1. The van der Waals surface area contributed by atoms with Gasteiger partial charge in [0, 0.05) is 22.6 Å². The van der Waals surface area contributed by atoms with Gasteiger partial charge in [-0.15, -0.1) is 0 Å². The molecule has 4 nitrogen and oxygen atoms in total. The third-order valence-corrected chi connectivity index (χ3v) is 17.4. The van der Waals surface area contributed by atoms with Crippen LogP contribution in [0.1, 0.15) is 78.0 Å². The summed E-state index contributed by atoms with van der Waals surface area (Å²) in [7, 11) is -2.61. The van der Waals surface area contributed by atoms with Gasteiger partial charge in [-0.1, -0.05) is 72.8 Å². The fourth-order valence-corrected chi connectivity index (χ4v) is 6.37. The molecule has 6 heteroatoms. The van der Waals surface area contributed by atoms with Crippen LogP contribution in [0.5, 0.6) is 17.2 Å². The van der Waals surface area contributed by atoms with Gasteiger partial charge in [0.15, 0.2) is 11.5 Å². The fraction of sp³-hybridized carbons (Fsp3) is 0.633. The number of hydrogen-bond donors (Lipinski definition) is 0. The minimum atomic E-state index is -2.19. The van der Waals surface area contributed by atoms with Crippen LogP contribution in [0.15, 0.2) is 18.2 Å². The number of benzene rings is 1. The number of fused-ring (bicyclic) bond motifs is 1. The van der Waals surface area contributed by atoms with Crippen molar-refractivity contribution < 1.29 is 18.4 Å². The molecule has 0 heterocycles. The van der Waals surface area contributed by atoms with E-state index < -0.39 is 16.6 Å². The smallest absolute Gasteiger partial charge is 0.250 e. The van der Waals surface area contributed by atoms with Crippen LogP contribution in [0, 0.1) is 18.8 Å². The Hall–Kier alpha value is -1.80. The van der Waals surface area contributed by atoms with Crippen LogP contribution in [0.25, 0.3) is 6.08 Å². The largest absolute Gasteiger partial charge is 0.543 e. The summed E-state index contributed by atoms with van der Waals surface area (Å²) in [6, 6.07) is 0. The summed E-state index contributed by atoms with van der Waals surface area (Å²) < 4.78 is 20.1. The first-order valence-corrected chi connectivity index (χ1v) is 19.0. The molecule has 0 fully saturated rings. The molecule has 0 saturated carbocycles. The van der Waals surface area contributed by atoms with Gasteiger partial charge in [-0.25, -0.2) is 0 Å². The summed E-state index contributed by atoms with van der Waals surface area (Å²) in [5.74, 6) is 2.35. The molecule has 0 aliphatic heterocycles. The summed E-state index contributed by atoms with van der Waals surface area (Å²) >= 11 is 0. The van der Waals surface area contributed by atoms with Gasteiger partial charge in [0.1, 0.15) is 12.0 Å². The van der Waals surface area contributed by atoms with E-state index in [9.17, 15) is 4.79 Å². The van der Waals surface area contributed by atoms with Gasteiger partial charge in [0.25, 0.3) is 16.6 Å². The maximum Gasteiger partial charge on any atom is 0.250 e. The number of allylic oxidation sites excluding steroid dienone is 3. The molecule has 0 N–H and O–H groups in total. The Bertz CT molecular complexity index is 1020. The number of methoxy groups -OCH3 is 1. The van der Waals surface area contributed by atoms with E-state index in [2.05, 4.69) is 93.7 Å². The molecule has 36 heavy (non-hydrogen) atoms. The molecular weight excluding hydrogens is 480 g/mol. The zero-order chi connectivity index (χ0) is 27.9. The molecule has 1 aromatic rings. The highest BCUT2D eigenvalue weighted by Crippen LogP contribution is 2.55. The predicted octanol–water partition coefficient (Wildman–Crippen LogP) is 8.91. The predicted molar refractivity (Wildman–Crippen MR) is 159 cm³/mol. The minimum Gasteiger partial charge on any atom is -0.543 e. The van der Waals surface area contributed by atoms with Crippen molar-refractivity contribution in [2.24, 2.45) is 11.8 Å². The third-order valence-electron chi connectivity index (χ3n) is 8.73. The second-order valence-electron chi connectivity index (χ2n) is 13.3. The summed E-state index contributed by atoms with van der Waals surface area (Å²) in [5, 5.41) is 0.0788. The minimum absolute atomic E-state index is 0.0263. The molecule has 1 aromatic carbocycles. The van der Waals surface area contributed by atoms with Crippen LogP contribution in [0.4, 0.5) is 0 Å². The van der Waals surface area contributed by atoms with Crippen molar-refractivity contribution in [2.45, 2.75) is 104 Å². The van der Waals surface area contributed by atoms with Crippen LogP contribution >= 0.6 is 0 Å². The van der Waals surface area contributed by atoms with Gasteiger partial charge < -0.3 is 18.4 Å². The topological polar surface area (TPSA) is 44.8 Å². The molecule has 2 rings (SSSR count). The Morgan fingerprint density at radius 3 is 1.83 bits per heavy atom. The van der Waals surface area contributed by atoms with Crippen molar-refractivity contribution in [3.05, 3.63) is 34.9 Å². The van der Waals surface area contributed by atoms with Crippen molar-refractivity contribution in [3.63, 3.8) is 0 Å². The van der Waals surface area contributed by atoms with Gasteiger partial charge >= 0.3 is 0 Å². The summed E-state index contributed by atoms with van der Waals surface area (Å²) in [6.07, 6.45) is 9.36. The van der Waals surface area contributed by atoms with Gasteiger partial charge in [-0.05, 0) is 61.9 Å². The first-order chi connectivity index (χ1) is 16.3. The molecule has 0 spiro atoms. The number of ether oxygens (including phenoxy) is 1. The van der Waals surface area contributed by atoms with E-state index in [0.717, 1.165) is 40.2 Å². The summed E-state index contributed by atoms with van der Waals surface area (Å²) in [5.41, 5.74) is 3.14. The van der Waals surface area contributed by atoms with Crippen LogP contribution in [-0.4, -0.2) is 30.0 Å². The monoisotopic (exact) mass is 530 g/mol. The van der Waals surface area contributed by atoms with Crippen LogP contribution in [0.2, 0.25) is 36.3 Å². The van der Waals surface area contributed by atoms with Gasteiger partial charge in [0.05, 0.1) is 7.11 Å². The Morgan fingerprint density at radius 1 is 0.917 bits per heavy atom. The highest BCUT2D eigenvalue weighted by Gasteiger charge is 2.44. The lowest BCUT2D eigenvalue weighted by molar-refractivity contribution is -0.110. The Labute approximate surface area is 222 Å². The van der Waals surface area contributed by atoms with Crippen molar-refractivity contribution >= 4 is 29.0 Å². The first-order valence-electron chi connectivity index (χ1n) is 13.2. The van der Waals surface area contributed by atoms with E-state index in [0.29, 0.717) is 0 Å². The number of hydrogen-bond acceptors (Lipinski definition) is 4. The van der Waals surface area contributed by atoms with Gasteiger partial charge in [-0.2, -0.15) is 0 Å². The molecule has 0 amide bonds. The number of aldehydes is 1. The van der Waals surface area contributed by atoms with Crippen LogP contribution in [-0.2, 0) is 4.79 Å². The second kappa shape index (κ2) is 10.5. The highest BCUT2D eigenvalue weighted by atomic mass is 28.4. The van der Waals surface area contributed by atoms with Crippen LogP contribution in [0.3, 0.4) is 0 Å². The maximum atomic E-state index is 12.1. The molecule has 0 radical (unpaired) electrons. The lowest BCUT2D eigenvalue weighted by Gasteiger charge is -2.42. The average molecular weight is 531 g/mol. The van der Waals surface area contributed by atoms with E-state index in [1.54, 1.807) is 7.11 Å². The van der Waals surface area contributed by atoms with Gasteiger partial charge in [-0.3, -0.25) is 0 Å². The zero-order valence-electron chi connectivity index (χ0n) is 25.3. The highest BCUT2D eigenvalue weighted by molar-refractivity contribution is 6.75. The molecule has 0 aromatic heterocycles. The van der Waals surface area contributed by atoms with E-state index >= 15 is 0 Å². The van der Waals surface area contributed by atoms with Crippen molar-refractivity contribution in [3.8, 4) is 17.2 Å². The van der Waals surface area contributed by atoms with Crippen molar-refractivity contribution in [1.82, 2.24) is 0 Å². The first kappa shape index (κ1) is 30.4. The Kier molecular flexibility index (Phi) is 8.89. The molecule has 0 bridgehead atoms. The maximum absolute atomic E-state index is 12.1.